The highest BCUT2D eigenvalue weighted by Crippen LogP contribution is 2.53. The van der Waals surface area contributed by atoms with E-state index in [9.17, 15) is 9.36 Å². The minimum Gasteiger partial charge on any atom is -0.356 e. The molecule has 3 aromatic rings. The third-order valence-electron chi connectivity index (χ3n) is 4.78. The van der Waals surface area contributed by atoms with E-state index < -0.39 is 7.60 Å². The molecule has 1 fully saturated rings. The molecule has 1 amide bonds. The second-order valence-electron chi connectivity index (χ2n) is 7.08. The van der Waals surface area contributed by atoms with Gasteiger partial charge in [-0.2, -0.15) is 0 Å². The molecule has 0 atom stereocenters. The van der Waals surface area contributed by atoms with Crippen LogP contribution in [0.4, 0.5) is 5.69 Å². The first-order valence-corrected chi connectivity index (χ1v) is 11.6. The summed E-state index contributed by atoms with van der Waals surface area (Å²) in [6.45, 7) is 0.924. The minimum atomic E-state index is -3.05. The summed E-state index contributed by atoms with van der Waals surface area (Å²) in [4.78, 5) is 12.4. The third-order valence-corrected chi connectivity index (χ3v) is 6.68. The van der Waals surface area contributed by atoms with Crippen molar-refractivity contribution >= 4 is 19.2 Å². The van der Waals surface area contributed by atoms with Crippen LogP contribution in [-0.2, 0) is 31.0 Å². The number of carbonyl (C=O) groups excluding carboxylic acids is 1. The van der Waals surface area contributed by atoms with Crippen LogP contribution in [0.5, 0.6) is 0 Å². The van der Waals surface area contributed by atoms with Crippen LogP contribution in [0.3, 0.4) is 0 Å². The number of nitrogens with zero attached hydrogens (tertiary/aromatic N) is 1. The Kier molecular flexibility index (Phi) is 6.43. The van der Waals surface area contributed by atoms with Gasteiger partial charge in [-0.05, 0) is 30.5 Å². The van der Waals surface area contributed by atoms with Crippen molar-refractivity contribution in [2.24, 2.45) is 0 Å². The summed E-state index contributed by atoms with van der Waals surface area (Å²) in [5, 5.41) is 6.76. The molecule has 0 radical (unpaired) electrons. The zero-order valence-electron chi connectivity index (χ0n) is 16.5. The topological polar surface area (TPSA) is 90.7 Å². The van der Waals surface area contributed by atoms with Crippen LogP contribution in [0.1, 0.15) is 24.0 Å². The Morgan fingerprint density at radius 1 is 1.03 bits per heavy atom. The fourth-order valence-corrected chi connectivity index (χ4v) is 4.98. The van der Waals surface area contributed by atoms with Gasteiger partial charge in [0.1, 0.15) is 0 Å². The number of anilines is 1. The largest absolute Gasteiger partial charge is 0.356 e. The van der Waals surface area contributed by atoms with E-state index in [1.807, 2.05) is 42.5 Å². The van der Waals surface area contributed by atoms with Gasteiger partial charge in [0.15, 0.2) is 5.76 Å². The quantitative estimate of drug-likeness (QED) is 0.532. The molecule has 4 rings (SSSR count). The zero-order valence-corrected chi connectivity index (χ0v) is 17.3. The number of aromatic nitrogens is 1. The fraction of sp³-hybridized carbons (Fsp3) is 0.273. The Bertz CT molecular complexity index is 1020. The third kappa shape index (κ3) is 5.25. The molecule has 30 heavy (non-hydrogen) atoms. The normalized spacial score (nSPS) is 15.6. The van der Waals surface area contributed by atoms with Crippen molar-refractivity contribution in [3.8, 4) is 11.3 Å². The number of amides is 1. The predicted molar refractivity (Wildman–Crippen MR) is 113 cm³/mol. The van der Waals surface area contributed by atoms with Crippen molar-refractivity contribution in [2.45, 2.75) is 25.4 Å². The van der Waals surface area contributed by atoms with Gasteiger partial charge in [-0.1, -0.05) is 47.6 Å². The zero-order chi connectivity index (χ0) is 20.8. The van der Waals surface area contributed by atoms with Gasteiger partial charge in [-0.3, -0.25) is 9.36 Å². The predicted octanol–water partition coefficient (Wildman–Crippen LogP) is 5.04. The Hall–Kier alpha value is -2.73. The van der Waals surface area contributed by atoms with Crippen LogP contribution in [0.25, 0.3) is 11.3 Å². The molecule has 7 nitrogen and oxygen atoms in total. The number of aryl methyl sites for hydroxylation is 1. The number of carbonyl (C=O) groups is 1. The van der Waals surface area contributed by atoms with E-state index in [0.717, 1.165) is 23.1 Å². The number of rotatable bonds is 7. The maximum Gasteiger partial charge on any atom is 0.335 e. The van der Waals surface area contributed by atoms with Gasteiger partial charge in [0.05, 0.1) is 25.6 Å². The lowest BCUT2D eigenvalue weighted by Crippen LogP contribution is -2.12. The van der Waals surface area contributed by atoms with Gasteiger partial charge < -0.3 is 18.9 Å². The lowest BCUT2D eigenvalue weighted by atomic mass is 10.1. The molecule has 0 spiro atoms. The Balaban J connectivity index is 1.31. The molecule has 1 aliphatic rings. The van der Waals surface area contributed by atoms with Crippen LogP contribution >= 0.6 is 7.60 Å². The molecule has 8 heteroatoms. The summed E-state index contributed by atoms with van der Waals surface area (Å²) in [5.41, 5.74) is 3.35. The van der Waals surface area contributed by atoms with Crippen LogP contribution in [-0.4, -0.2) is 24.3 Å². The first kappa shape index (κ1) is 20.5. The molecule has 0 saturated carbocycles. The monoisotopic (exact) mass is 426 g/mol. The minimum absolute atomic E-state index is 0.102. The van der Waals surface area contributed by atoms with E-state index in [0.29, 0.717) is 37.5 Å². The lowest BCUT2D eigenvalue weighted by molar-refractivity contribution is -0.116. The molecule has 1 aromatic heterocycles. The Morgan fingerprint density at radius 2 is 1.77 bits per heavy atom. The van der Waals surface area contributed by atoms with Gasteiger partial charge >= 0.3 is 7.60 Å². The van der Waals surface area contributed by atoms with Crippen LogP contribution in [0.2, 0.25) is 0 Å². The van der Waals surface area contributed by atoms with Crippen LogP contribution in [0, 0.1) is 0 Å². The summed E-state index contributed by atoms with van der Waals surface area (Å²) >= 11 is 0. The van der Waals surface area contributed by atoms with Crippen molar-refractivity contribution in [3.05, 3.63) is 71.9 Å². The smallest absolute Gasteiger partial charge is 0.335 e. The maximum atomic E-state index is 12.5. The summed E-state index contributed by atoms with van der Waals surface area (Å²) in [7, 11) is -3.05. The van der Waals surface area contributed by atoms with Crippen molar-refractivity contribution in [2.75, 3.05) is 18.5 Å². The molecule has 1 N–H and O–H groups in total. The van der Waals surface area contributed by atoms with Crippen LogP contribution < -0.4 is 5.32 Å². The van der Waals surface area contributed by atoms with Gasteiger partial charge in [0.25, 0.3) is 0 Å². The summed E-state index contributed by atoms with van der Waals surface area (Å²) in [5.74, 6) is 0.587. The number of hydrogen-bond donors (Lipinski definition) is 1. The summed E-state index contributed by atoms with van der Waals surface area (Å²) < 4.78 is 28.5. The Labute approximate surface area is 174 Å². The van der Waals surface area contributed by atoms with Gasteiger partial charge in [-0.25, -0.2) is 0 Å². The standard InChI is InChI=1S/C22H23N2O5P/c25-21(12-9-19-15-23-29-22(19)18-5-2-1-3-6-18)24-20-10-7-17(8-11-20)16-30(26)27-13-4-14-28-30/h1-3,5-8,10-11,15H,4,9,12-14,16H2,(H,24,25). The molecule has 156 valence electrons. The highest BCUT2D eigenvalue weighted by molar-refractivity contribution is 7.53. The van der Waals surface area contributed by atoms with Crippen molar-refractivity contribution in [1.29, 1.82) is 0 Å². The van der Waals surface area contributed by atoms with E-state index in [2.05, 4.69) is 10.5 Å². The number of benzene rings is 2. The molecule has 0 bridgehead atoms. The molecule has 2 aromatic carbocycles. The first-order valence-electron chi connectivity index (χ1n) is 9.87. The van der Waals surface area contributed by atoms with Crippen molar-refractivity contribution in [3.63, 3.8) is 0 Å². The van der Waals surface area contributed by atoms with Crippen molar-refractivity contribution < 1.29 is 22.9 Å². The van der Waals surface area contributed by atoms with Gasteiger partial charge in [0, 0.05) is 23.2 Å². The first-order chi connectivity index (χ1) is 14.6. The SMILES string of the molecule is O=C(CCc1cnoc1-c1ccccc1)Nc1ccc(CP2(=O)OCCCO2)cc1. The number of nitrogens with one attached hydrogen (secondary N) is 1. The summed E-state index contributed by atoms with van der Waals surface area (Å²) in [6.07, 6.45) is 3.48. The highest BCUT2D eigenvalue weighted by atomic mass is 31.2. The second kappa shape index (κ2) is 9.39. The van der Waals surface area contributed by atoms with E-state index >= 15 is 0 Å². The molecular weight excluding hydrogens is 403 g/mol. The van der Waals surface area contributed by atoms with Gasteiger partial charge in [0.2, 0.25) is 5.91 Å². The van der Waals surface area contributed by atoms with E-state index in [4.69, 9.17) is 13.6 Å². The lowest BCUT2D eigenvalue weighted by Gasteiger charge is -2.22. The average molecular weight is 426 g/mol. The van der Waals surface area contributed by atoms with E-state index in [1.165, 1.54) is 0 Å². The molecule has 1 aliphatic heterocycles. The fourth-order valence-electron chi connectivity index (χ4n) is 3.25. The van der Waals surface area contributed by atoms with E-state index in [1.54, 1.807) is 18.3 Å². The maximum absolute atomic E-state index is 12.5. The van der Waals surface area contributed by atoms with Gasteiger partial charge in [-0.15, -0.1) is 0 Å². The van der Waals surface area contributed by atoms with Crippen molar-refractivity contribution in [1.82, 2.24) is 5.16 Å². The number of hydrogen-bond acceptors (Lipinski definition) is 6. The molecular formula is C22H23N2O5P. The molecule has 0 aliphatic carbocycles. The Morgan fingerprint density at radius 3 is 2.50 bits per heavy atom. The summed E-state index contributed by atoms with van der Waals surface area (Å²) in [6, 6.07) is 16.9. The molecule has 2 heterocycles. The second-order valence-corrected chi connectivity index (χ2v) is 9.13. The van der Waals surface area contributed by atoms with E-state index in [-0.39, 0.29) is 12.1 Å². The molecule has 1 saturated heterocycles. The highest BCUT2D eigenvalue weighted by Gasteiger charge is 2.28. The van der Waals surface area contributed by atoms with Crippen LogP contribution in [0.15, 0.2) is 65.3 Å². The molecule has 0 unspecified atom stereocenters. The average Bonchev–Trinajstić information content (AvgIpc) is 3.23.